The smallest absolute Gasteiger partial charge is 0.000663 e. The zero-order valence-electron chi connectivity index (χ0n) is 12.0. The average Bonchev–Trinajstić information content (AvgIpc) is 2.25. The topological polar surface area (TPSA) is 15.3 Å². The van der Waals surface area contributed by atoms with E-state index in [1.807, 2.05) is 0 Å². The normalized spacial score (nSPS) is 19.2. The highest BCUT2D eigenvalue weighted by molar-refractivity contribution is 4.64. The van der Waals surface area contributed by atoms with Crippen LogP contribution in [0, 0.1) is 5.92 Å². The van der Waals surface area contributed by atoms with Gasteiger partial charge in [0.1, 0.15) is 0 Å². The van der Waals surface area contributed by atoms with E-state index in [-0.39, 0.29) is 0 Å². The molecule has 0 amide bonds. The fraction of sp³-hybridized carbons (Fsp3) is 1.00. The van der Waals surface area contributed by atoms with Crippen LogP contribution in [0.15, 0.2) is 0 Å². The van der Waals surface area contributed by atoms with Crippen LogP contribution in [0.3, 0.4) is 0 Å². The first kappa shape index (κ1) is 15.0. The van der Waals surface area contributed by atoms with Gasteiger partial charge in [-0.1, -0.05) is 39.5 Å². The van der Waals surface area contributed by atoms with Gasteiger partial charge in [0.15, 0.2) is 0 Å². The van der Waals surface area contributed by atoms with Gasteiger partial charge < -0.3 is 10.2 Å². The Kier molecular flexibility index (Phi) is 8.72. The van der Waals surface area contributed by atoms with Crippen LogP contribution in [0.2, 0.25) is 0 Å². The van der Waals surface area contributed by atoms with Gasteiger partial charge in [0.05, 0.1) is 0 Å². The van der Waals surface area contributed by atoms with E-state index >= 15 is 0 Å². The van der Waals surface area contributed by atoms with Crippen molar-refractivity contribution >= 4 is 0 Å². The van der Waals surface area contributed by atoms with Crippen molar-refractivity contribution in [1.29, 1.82) is 0 Å². The molecule has 1 heterocycles. The first-order valence-electron chi connectivity index (χ1n) is 7.72. The number of hydrogen-bond donors (Lipinski definition) is 1. The second-order valence-electron chi connectivity index (χ2n) is 5.90. The molecule has 1 N–H and O–H groups in total. The van der Waals surface area contributed by atoms with Gasteiger partial charge in [-0.25, -0.2) is 0 Å². The Balaban J connectivity index is 1.93. The molecule has 0 aromatic carbocycles. The molecule has 0 aromatic heterocycles. The summed E-state index contributed by atoms with van der Waals surface area (Å²) in [5.41, 5.74) is 0. The van der Waals surface area contributed by atoms with Crippen molar-refractivity contribution in [3.05, 3.63) is 0 Å². The van der Waals surface area contributed by atoms with Crippen molar-refractivity contribution < 1.29 is 0 Å². The fourth-order valence-corrected chi connectivity index (χ4v) is 2.56. The zero-order chi connectivity index (χ0) is 12.3. The highest BCUT2D eigenvalue weighted by Gasteiger charge is 2.06. The van der Waals surface area contributed by atoms with E-state index in [2.05, 4.69) is 24.1 Å². The fourth-order valence-electron chi connectivity index (χ4n) is 2.56. The number of unbranched alkanes of at least 4 members (excludes halogenated alkanes) is 3. The number of rotatable bonds is 7. The summed E-state index contributed by atoms with van der Waals surface area (Å²) in [7, 11) is 0. The summed E-state index contributed by atoms with van der Waals surface area (Å²) < 4.78 is 0. The van der Waals surface area contributed by atoms with Crippen molar-refractivity contribution in [3.63, 3.8) is 0 Å². The van der Waals surface area contributed by atoms with Crippen LogP contribution in [0.4, 0.5) is 0 Å². The lowest BCUT2D eigenvalue weighted by molar-refractivity contribution is 0.247. The quantitative estimate of drug-likeness (QED) is 0.687. The summed E-state index contributed by atoms with van der Waals surface area (Å²) in [6, 6.07) is 0. The van der Waals surface area contributed by atoms with Crippen LogP contribution in [0.25, 0.3) is 0 Å². The highest BCUT2D eigenvalue weighted by Crippen LogP contribution is 2.10. The maximum Gasteiger partial charge on any atom is -0.000663 e. The molecule has 0 bridgehead atoms. The molecule has 0 unspecified atom stereocenters. The molecule has 2 nitrogen and oxygen atoms in total. The van der Waals surface area contributed by atoms with E-state index in [1.165, 1.54) is 77.7 Å². The monoisotopic (exact) mass is 240 g/mol. The van der Waals surface area contributed by atoms with Crippen molar-refractivity contribution in [2.75, 3.05) is 32.7 Å². The Labute approximate surface area is 108 Å². The second kappa shape index (κ2) is 9.90. The molecule has 0 aliphatic carbocycles. The summed E-state index contributed by atoms with van der Waals surface area (Å²) in [6.07, 6.45) is 9.78. The Bertz CT molecular complexity index is 160. The molecule has 17 heavy (non-hydrogen) atoms. The maximum atomic E-state index is 3.48. The van der Waals surface area contributed by atoms with Crippen molar-refractivity contribution in [2.45, 2.75) is 58.8 Å². The van der Waals surface area contributed by atoms with Gasteiger partial charge in [0.25, 0.3) is 0 Å². The Morgan fingerprint density at radius 1 is 0.941 bits per heavy atom. The van der Waals surface area contributed by atoms with Gasteiger partial charge in [-0.05, 0) is 57.9 Å². The van der Waals surface area contributed by atoms with Crippen molar-refractivity contribution in [2.24, 2.45) is 5.92 Å². The highest BCUT2D eigenvalue weighted by atomic mass is 15.1. The molecule has 1 rings (SSSR count). The van der Waals surface area contributed by atoms with Crippen LogP contribution >= 0.6 is 0 Å². The number of hydrogen-bond acceptors (Lipinski definition) is 2. The summed E-state index contributed by atoms with van der Waals surface area (Å²) >= 11 is 0. The molecule has 1 aliphatic rings. The molecule has 0 aromatic rings. The van der Waals surface area contributed by atoms with Crippen molar-refractivity contribution in [3.8, 4) is 0 Å². The van der Waals surface area contributed by atoms with Crippen LogP contribution in [0.1, 0.15) is 58.8 Å². The molecule has 0 radical (unpaired) electrons. The summed E-state index contributed by atoms with van der Waals surface area (Å²) in [5.74, 6) is 0.886. The molecule has 0 spiro atoms. The van der Waals surface area contributed by atoms with Crippen LogP contribution in [0.5, 0.6) is 0 Å². The summed E-state index contributed by atoms with van der Waals surface area (Å²) in [4.78, 5) is 2.67. The van der Waals surface area contributed by atoms with Gasteiger partial charge in [-0.3, -0.25) is 0 Å². The minimum Gasteiger partial charge on any atom is -0.317 e. The molecule has 2 heteroatoms. The number of nitrogens with zero attached hydrogens (tertiary/aromatic N) is 1. The largest absolute Gasteiger partial charge is 0.317 e. The Hall–Kier alpha value is -0.0800. The molecule has 1 saturated heterocycles. The third kappa shape index (κ3) is 8.62. The van der Waals surface area contributed by atoms with E-state index in [0.717, 1.165) is 5.92 Å². The lowest BCUT2D eigenvalue weighted by Gasteiger charge is -2.24. The summed E-state index contributed by atoms with van der Waals surface area (Å²) in [6.45, 7) is 11.0. The first-order valence-corrected chi connectivity index (χ1v) is 7.72. The van der Waals surface area contributed by atoms with Gasteiger partial charge >= 0.3 is 0 Å². The molecule has 1 fully saturated rings. The molecular formula is C15H32N2. The predicted octanol–water partition coefficient (Wildman–Crippen LogP) is 3.28. The molecule has 1 aliphatic heterocycles. The first-order chi connectivity index (χ1) is 8.29. The Morgan fingerprint density at radius 3 is 2.24 bits per heavy atom. The minimum atomic E-state index is 0.886. The van der Waals surface area contributed by atoms with E-state index < -0.39 is 0 Å². The maximum absolute atomic E-state index is 3.48. The van der Waals surface area contributed by atoms with Crippen LogP contribution in [-0.2, 0) is 0 Å². The van der Waals surface area contributed by atoms with E-state index in [1.54, 1.807) is 0 Å². The second-order valence-corrected chi connectivity index (χ2v) is 5.90. The predicted molar refractivity (Wildman–Crippen MR) is 76.5 cm³/mol. The molecule has 102 valence electrons. The van der Waals surface area contributed by atoms with Gasteiger partial charge in [0, 0.05) is 0 Å². The summed E-state index contributed by atoms with van der Waals surface area (Å²) in [5, 5.41) is 3.48. The van der Waals surface area contributed by atoms with Gasteiger partial charge in [-0.15, -0.1) is 0 Å². The molecule has 0 saturated carbocycles. The standard InChI is InChI=1S/C15H32N2/c1-15(2)9-5-3-4-6-12-17-13-7-10-16-11-8-14-17/h15-16H,3-14H2,1-2H3. The minimum absolute atomic E-state index is 0.886. The van der Waals surface area contributed by atoms with Gasteiger partial charge in [0.2, 0.25) is 0 Å². The van der Waals surface area contributed by atoms with Crippen LogP contribution in [-0.4, -0.2) is 37.6 Å². The third-order valence-electron chi connectivity index (χ3n) is 3.66. The zero-order valence-corrected chi connectivity index (χ0v) is 12.0. The SMILES string of the molecule is CC(C)CCCCCCN1CCCNCCC1. The number of nitrogens with one attached hydrogen (secondary N) is 1. The third-order valence-corrected chi connectivity index (χ3v) is 3.66. The van der Waals surface area contributed by atoms with Crippen LogP contribution < -0.4 is 5.32 Å². The Morgan fingerprint density at radius 2 is 1.59 bits per heavy atom. The lowest BCUT2D eigenvalue weighted by Crippen LogP contribution is -2.34. The van der Waals surface area contributed by atoms with Crippen molar-refractivity contribution in [1.82, 2.24) is 10.2 Å². The van der Waals surface area contributed by atoms with E-state index in [4.69, 9.17) is 0 Å². The molecular weight excluding hydrogens is 208 g/mol. The lowest BCUT2D eigenvalue weighted by atomic mass is 10.0. The van der Waals surface area contributed by atoms with E-state index in [0.29, 0.717) is 0 Å². The van der Waals surface area contributed by atoms with E-state index in [9.17, 15) is 0 Å². The van der Waals surface area contributed by atoms with Gasteiger partial charge in [-0.2, -0.15) is 0 Å². The average molecular weight is 240 g/mol. The molecule has 0 atom stereocenters.